The number of hydrogen-bond acceptors (Lipinski definition) is 3. The molecular formula is C21H25ClN2O2S. The van der Waals surface area contributed by atoms with Gasteiger partial charge in [-0.15, -0.1) is 0 Å². The minimum Gasteiger partial charge on any atom is -0.465 e. The van der Waals surface area contributed by atoms with Crippen LogP contribution in [0.3, 0.4) is 0 Å². The SMILES string of the molecule is COC(=O)c1ccc(Cl)c(NC(=S)NCCCc2ccc(C(C)C)cc2)c1. The van der Waals surface area contributed by atoms with Gasteiger partial charge in [-0.25, -0.2) is 4.79 Å². The summed E-state index contributed by atoms with van der Waals surface area (Å²) in [6.45, 7) is 5.13. The number of anilines is 1. The molecule has 4 nitrogen and oxygen atoms in total. The Labute approximate surface area is 171 Å². The highest BCUT2D eigenvalue weighted by molar-refractivity contribution is 7.80. The first-order chi connectivity index (χ1) is 12.9. The lowest BCUT2D eigenvalue weighted by Crippen LogP contribution is -2.29. The van der Waals surface area contributed by atoms with Crippen molar-refractivity contribution in [3.8, 4) is 0 Å². The van der Waals surface area contributed by atoms with Crippen molar-refractivity contribution in [3.63, 3.8) is 0 Å². The summed E-state index contributed by atoms with van der Waals surface area (Å²) in [5, 5.41) is 7.15. The van der Waals surface area contributed by atoms with Crippen LogP contribution >= 0.6 is 23.8 Å². The number of rotatable bonds is 7. The van der Waals surface area contributed by atoms with Gasteiger partial charge in [-0.2, -0.15) is 0 Å². The fourth-order valence-electron chi connectivity index (χ4n) is 2.60. The summed E-state index contributed by atoms with van der Waals surface area (Å²) in [6.07, 6.45) is 1.94. The Morgan fingerprint density at radius 2 is 1.89 bits per heavy atom. The van der Waals surface area contributed by atoms with Gasteiger partial charge in [0, 0.05) is 6.54 Å². The van der Waals surface area contributed by atoms with E-state index in [4.69, 9.17) is 28.6 Å². The topological polar surface area (TPSA) is 50.4 Å². The highest BCUT2D eigenvalue weighted by Crippen LogP contribution is 2.23. The molecule has 0 radical (unpaired) electrons. The van der Waals surface area contributed by atoms with Gasteiger partial charge >= 0.3 is 5.97 Å². The first-order valence-corrected chi connectivity index (χ1v) is 9.71. The van der Waals surface area contributed by atoms with Gasteiger partial charge in [0.15, 0.2) is 5.11 Å². The zero-order valence-electron chi connectivity index (χ0n) is 15.8. The molecule has 0 spiro atoms. The molecule has 2 rings (SSSR count). The van der Waals surface area contributed by atoms with Crippen molar-refractivity contribution >= 4 is 40.6 Å². The number of ether oxygens (including phenoxy) is 1. The molecule has 2 aromatic carbocycles. The van der Waals surface area contributed by atoms with Crippen molar-refractivity contribution < 1.29 is 9.53 Å². The van der Waals surface area contributed by atoms with E-state index in [1.165, 1.54) is 18.2 Å². The largest absolute Gasteiger partial charge is 0.465 e. The van der Waals surface area contributed by atoms with Crippen molar-refractivity contribution in [2.45, 2.75) is 32.6 Å². The molecule has 27 heavy (non-hydrogen) atoms. The summed E-state index contributed by atoms with van der Waals surface area (Å²) < 4.78 is 4.72. The number of carbonyl (C=O) groups excluding carboxylic acids is 1. The number of methoxy groups -OCH3 is 1. The summed E-state index contributed by atoms with van der Waals surface area (Å²) in [4.78, 5) is 11.6. The van der Waals surface area contributed by atoms with Crippen LogP contribution in [-0.4, -0.2) is 24.7 Å². The number of hydrogen-bond donors (Lipinski definition) is 2. The van der Waals surface area contributed by atoms with E-state index >= 15 is 0 Å². The minimum atomic E-state index is -0.419. The van der Waals surface area contributed by atoms with Crippen LogP contribution in [0.15, 0.2) is 42.5 Å². The molecule has 2 N–H and O–H groups in total. The van der Waals surface area contributed by atoms with E-state index in [2.05, 4.69) is 48.7 Å². The summed E-state index contributed by atoms with van der Waals surface area (Å²) in [5.41, 5.74) is 3.65. The van der Waals surface area contributed by atoms with E-state index < -0.39 is 5.97 Å². The lowest BCUT2D eigenvalue weighted by atomic mass is 10.0. The Balaban J connectivity index is 1.80. The summed E-state index contributed by atoms with van der Waals surface area (Å²) in [6, 6.07) is 13.6. The summed E-state index contributed by atoms with van der Waals surface area (Å²) >= 11 is 11.5. The summed E-state index contributed by atoms with van der Waals surface area (Å²) in [5.74, 6) is 0.130. The highest BCUT2D eigenvalue weighted by atomic mass is 35.5. The average Bonchev–Trinajstić information content (AvgIpc) is 2.66. The van der Waals surface area contributed by atoms with Crippen LogP contribution in [0.5, 0.6) is 0 Å². The third-order valence-electron chi connectivity index (χ3n) is 4.21. The van der Waals surface area contributed by atoms with Crippen LogP contribution in [0.1, 0.15) is 47.7 Å². The van der Waals surface area contributed by atoms with E-state index in [1.54, 1.807) is 18.2 Å². The van der Waals surface area contributed by atoms with Gasteiger partial charge in [0.05, 0.1) is 23.4 Å². The van der Waals surface area contributed by atoms with Gasteiger partial charge in [-0.1, -0.05) is 49.7 Å². The van der Waals surface area contributed by atoms with Gasteiger partial charge in [-0.3, -0.25) is 0 Å². The third kappa shape index (κ3) is 6.52. The molecule has 0 aliphatic heterocycles. The van der Waals surface area contributed by atoms with Crippen LogP contribution < -0.4 is 10.6 Å². The van der Waals surface area contributed by atoms with E-state index in [9.17, 15) is 4.79 Å². The second-order valence-corrected chi connectivity index (χ2v) is 7.38. The second-order valence-electron chi connectivity index (χ2n) is 6.57. The molecule has 0 bridgehead atoms. The van der Waals surface area contributed by atoms with Crippen LogP contribution in [0, 0.1) is 0 Å². The van der Waals surface area contributed by atoms with Crippen molar-refractivity contribution in [1.82, 2.24) is 5.32 Å². The maximum absolute atomic E-state index is 11.6. The second kappa shape index (κ2) is 10.3. The predicted molar refractivity (Wildman–Crippen MR) is 116 cm³/mol. The normalized spacial score (nSPS) is 10.6. The molecule has 0 amide bonds. The molecular weight excluding hydrogens is 380 g/mol. The Kier molecular flexibility index (Phi) is 8.07. The van der Waals surface area contributed by atoms with Gasteiger partial charge < -0.3 is 15.4 Å². The number of thiocarbonyl (C=S) groups is 1. The molecule has 0 heterocycles. The van der Waals surface area contributed by atoms with E-state index in [-0.39, 0.29) is 0 Å². The first-order valence-electron chi connectivity index (χ1n) is 8.92. The molecule has 0 aliphatic rings. The molecule has 0 fully saturated rings. The first kappa shape index (κ1) is 21.2. The minimum absolute atomic E-state index is 0.414. The molecule has 0 aromatic heterocycles. The highest BCUT2D eigenvalue weighted by Gasteiger charge is 2.10. The molecule has 0 saturated heterocycles. The van der Waals surface area contributed by atoms with Crippen LogP contribution in [0.4, 0.5) is 5.69 Å². The number of nitrogens with one attached hydrogen (secondary N) is 2. The standard InChI is InChI=1S/C21H25ClN2O2S/c1-14(2)16-8-6-15(7-9-16)5-4-12-23-21(27)24-19-13-17(20(25)26-3)10-11-18(19)22/h6-11,13-14H,4-5,12H2,1-3H3,(H2,23,24,27). The van der Waals surface area contributed by atoms with Gasteiger partial charge in [0.1, 0.15) is 0 Å². The Hall–Kier alpha value is -2.11. The van der Waals surface area contributed by atoms with Crippen LogP contribution in [0.2, 0.25) is 5.02 Å². The van der Waals surface area contributed by atoms with Gasteiger partial charge in [-0.05, 0) is 60.3 Å². The van der Waals surface area contributed by atoms with Gasteiger partial charge in [0.25, 0.3) is 0 Å². The molecule has 0 unspecified atom stereocenters. The van der Waals surface area contributed by atoms with Crippen molar-refractivity contribution in [3.05, 3.63) is 64.2 Å². The quantitative estimate of drug-likeness (QED) is 0.379. The van der Waals surface area contributed by atoms with Crippen molar-refractivity contribution in [1.29, 1.82) is 0 Å². The molecule has 0 aliphatic carbocycles. The molecule has 6 heteroatoms. The monoisotopic (exact) mass is 404 g/mol. The number of carbonyl (C=O) groups is 1. The molecule has 0 saturated carbocycles. The van der Waals surface area contributed by atoms with Crippen LogP contribution in [0.25, 0.3) is 0 Å². The number of benzene rings is 2. The van der Waals surface area contributed by atoms with E-state index in [0.717, 1.165) is 19.4 Å². The number of aryl methyl sites for hydroxylation is 1. The van der Waals surface area contributed by atoms with Crippen molar-refractivity contribution in [2.75, 3.05) is 19.0 Å². The Morgan fingerprint density at radius 1 is 1.19 bits per heavy atom. The Morgan fingerprint density at radius 3 is 2.52 bits per heavy atom. The zero-order chi connectivity index (χ0) is 19.8. The smallest absolute Gasteiger partial charge is 0.337 e. The lowest BCUT2D eigenvalue weighted by molar-refractivity contribution is 0.0601. The van der Waals surface area contributed by atoms with Crippen molar-refractivity contribution in [2.24, 2.45) is 0 Å². The maximum atomic E-state index is 11.6. The lowest BCUT2D eigenvalue weighted by Gasteiger charge is -2.13. The fourth-order valence-corrected chi connectivity index (χ4v) is 2.97. The zero-order valence-corrected chi connectivity index (χ0v) is 17.4. The summed E-state index contributed by atoms with van der Waals surface area (Å²) in [7, 11) is 1.34. The molecule has 2 aromatic rings. The fraction of sp³-hybridized carbons (Fsp3) is 0.333. The van der Waals surface area contributed by atoms with Gasteiger partial charge in [0.2, 0.25) is 0 Å². The molecule has 144 valence electrons. The third-order valence-corrected chi connectivity index (χ3v) is 4.79. The number of halogens is 1. The maximum Gasteiger partial charge on any atom is 0.337 e. The van der Waals surface area contributed by atoms with Crippen LogP contribution in [-0.2, 0) is 11.2 Å². The van der Waals surface area contributed by atoms with E-state index in [0.29, 0.717) is 27.3 Å². The Bertz CT molecular complexity index is 791. The average molecular weight is 405 g/mol. The number of esters is 1. The molecule has 0 atom stereocenters. The predicted octanol–water partition coefficient (Wildman–Crippen LogP) is 5.17. The van der Waals surface area contributed by atoms with E-state index in [1.807, 2.05) is 0 Å².